The summed E-state index contributed by atoms with van der Waals surface area (Å²) in [5.41, 5.74) is 0.842. The van der Waals surface area contributed by atoms with Crippen molar-refractivity contribution in [1.82, 2.24) is 4.90 Å². The van der Waals surface area contributed by atoms with E-state index < -0.39 is 0 Å². The Balaban J connectivity index is 1.77. The van der Waals surface area contributed by atoms with Crippen molar-refractivity contribution in [3.8, 4) is 0 Å². The zero-order chi connectivity index (χ0) is 14.4. The molecule has 1 aliphatic rings. The highest BCUT2D eigenvalue weighted by Crippen LogP contribution is 2.26. The van der Waals surface area contributed by atoms with Gasteiger partial charge in [0, 0.05) is 18.3 Å². The van der Waals surface area contributed by atoms with Gasteiger partial charge in [0.15, 0.2) is 0 Å². The number of benzene rings is 1. The van der Waals surface area contributed by atoms with Crippen LogP contribution in [-0.4, -0.2) is 42.2 Å². The molecule has 0 heterocycles. The van der Waals surface area contributed by atoms with E-state index in [9.17, 15) is 4.79 Å². The first-order valence-corrected chi connectivity index (χ1v) is 7.35. The van der Waals surface area contributed by atoms with Gasteiger partial charge in [0.05, 0.1) is 6.54 Å². The molecule has 0 spiro atoms. The molecule has 1 aliphatic carbocycles. The number of nitrogens with one attached hydrogen (secondary N) is 1. The van der Waals surface area contributed by atoms with Crippen LogP contribution in [0.2, 0.25) is 0 Å². The summed E-state index contributed by atoms with van der Waals surface area (Å²) < 4.78 is 0. The minimum atomic E-state index is 0.0305. The number of para-hydroxylation sites is 1. The van der Waals surface area contributed by atoms with Crippen LogP contribution in [0.15, 0.2) is 30.3 Å². The number of nitrogens with zero attached hydrogens (tertiary/aromatic N) is 1. The third-order valence-corrected chi connectivity index (χ3v) is 4.15. The lowest BCUT2D eigenvalue weighted by molar-refractivity contribution is -0.117. The predicted octanol–water partition coefficient (Wildman–Crippen LogP) is 2.11. The summed E-state index contributed by atoms with van der Waals surface area (Å²) in [6.45, 7) is 0.717. The SMILES string of the molecule is CN(CC(=O)Nc1ccccc1)C1CCC(CO)CC1. The molecular weight excluding hydrogens is 252 g/mol. The molecule has 0 unspecified atom stereocenters. The van der Waals surface area contributed by atoms with Crippen LogP contribution in [0.25, 0.3) is 0 Å². The molecule has 1 amide bonds. The van der Waals surface area contributed by atoms with E-state index >= 15 is 0 Å². The number of anilines is 1. The number of aliphatic hydroxyl groups is 1. The summed E-state index contributed by atoms with van der Waals surface area (Å²) in [7, 11) is 2.01. The second-order valence-electron chi connectivity index (χ2n) is 5.69. The molecule has 20 heavy (non-hydrogen) atoms. The molecule has 110 valence electrons. The van der Waals surface area contributed by atoms with Gasteiger partial charge >= 0.3 is 0 Å². The first-order valence-electron chi connectivity index (χ1n) is 7.35. The molecule has 2 rings (SSSR count). The highest BCUT2D eigenvalue weighted by molar-refractivity contribution is 5.92. The van der Waals surface area contributed by atoms with Gasteiger partial charge < -0.3 is 10.4 Å². The van der Waals surface area contributed by atoms with E-state index in [0.717, 1.165) is 31.4 Å². The van der Waals surface area contributed by atoms with Gasteiger partial charge in [-0.05, 0) is 50.8 Å². The van der Waals surface area contributed by atoms with Crippen LogP contribution in [0.1, 0.15) is 25.7 Å². The Hall–Kier alpha value is -1.39. The van der Waals surface area contributed by atoms with E-state index in [1.807, 2.05) is 37.4 Å². The fourth-order valence-electron chi connectivity index (χ4n) is 2.85. The normalized spacial score (nSPS) is 22.8. The minimum Gasteiger partial charge on any atom is -0.396 e. The van der Waals surface area contributed by atoms with Crippen molar-refractivity contribution in [3.63, 3.8) is 0 Å². The quantitative estimate of drug-likeness (QED) is 0.866. The molecule has 0 aromatic heterocycles. The van der Waals surface area contributed by atoms with Gasteiger partial charge in [0.1, 0.15) is 0 Å². The lowest BCUT2D eigenvalue weighted by atomic mass is 9.86. The molecule has 0 saturated heterocycles. The highest BCUT2D eigenvalue weighted by atomic mass is 16.3. The Morgan fingerprint density at radius 1 is 1.25 bits per heavy atom. The molecule has 4 heteroatoms. The fraction of sp³-hybridized carbons (Fsp3) is 0.562. The van der Waals surface area contributed by atoms with Crippen molar-refractivity contribution in [2.75, 3.05) is 25.5 Å². The summed E-state index contributed by atoms with van der Waals surface area (Å²) >= 11 is 0. The van der Waals surface area contributed by atoms with Crippen molar-refractivity contribution in [2.45, 2.75) is 31.7 Å². The van der Waals surface area contributed by atoms with Gasteiger partial charge in [-0.3, -0.25) is 9.69 Å². The van der Waals surface area contributed by atoms with E-state index in [2.05, 4.69) is 10.2 Å². The van der Waals surface area contributed by atoms with Gasteiger partial charge in [0.2, 0.25) is 5.91 Å². The van der Waals surface area contributed by atoms with Crippen LogP contribution in [0.5, 0.6) is 0 Å². The monoisotopic (exact) mass is 276 g/mol. The number of likely N-dealkylation sites (N-methyl/N-ethyl adjacent to an activating group) is 1. The maximum Gasteiger partial charge on any atom is 0.238 e. The van der Waals surface area contributed by atoms with Gasteiger partial charge in [-0.1, -0.05) is 18.2 Å². The Kier molecular flexibility index (Phi) is 5.56. The third kappa shape index (κ3) is 4.32. The molecule has 0 atom stereocenters. The van der Waals surface area contributed by atoms with E-state index in [-0.39, 0.29) is 5.91 Å². The molecule has 1 saturated carbocycles. The topological polar surface area (TPSA) is 52.6 Å². The Labute approximate surface area is 120 Å². The second kappa shape index (κ2) is 7.41. The summed E-state index contributed by atoms with van der Waals surface area (Å²) in [6.07, 6.45) is 4.26. The van der Waals surface area contributed by atoms with Gasteiger partial charge in [0.25, 0.3) is 0 Å². The average Bonchev–Trinajstić information content (AvgIpc) is 2.48. The van der Waals surface area contributed by atoms with Crippen molar-refractivity contribution in [1.29, 1.82) is 0 Å². The molecule has 1 aromatic carbocycles. The zero-order valence-corrected chi connectivity index (χ0v) is 12.1. The maximum atomic E-state index is 12.0. The number of hydrogen-bond donors (Lipinski definition) is 2. The van der Waals surface area contributed by atoms with Crippen molar-refractivity contribution >= 4 is 11.6 Å². The zero-order valence-electron chi connectivity index (χ0n) is 12.1. The van der Waals surface area contributed by atoms with Crippen LogP contribution in [-0.2, 0) is 4.79 Å². The lowest BCUT2D eigenvalue weighted by Crippen LogP contribution is -2.40. The number of hydrogen-bond acceptors (Lipinski definition) is 3. The first kappa shape index (κ1) is 15.0. The number of aliphatic hydroxyl groups excluding tert-OH is 1. The molecule has 4 nitrogen and oxygen atoms in total. The number of rotatable bonds is 5. The van der Waals surface area contributed by atoms with Crippen molar-refractivity contribution in [2.24, 2.45) is 5.92 Å². The van der Waals surface area contributed by atoms with Gasteiger partial charge in [-0.25, -0.2) is 0 Å². The molecule has 1 fully saturated rings. The summed E-state index contributed by atoms with van der Waals surface area (Å²) in [5.74, 6) is 0.487. The van der Waals surface area contributed by atoms with Crippen LogP contribution in [0.4, 0.5) is 5.69 Å². The lowest BCUT2D eigenvalue weighted by Gasteiger charge is -2.33. The van der Waals surface area contributed by atoms with Crippen LogP contribution in [0.3, 0.4) is 0 Å². The van der Waals surface area contributed by atoms with Crippen LogP contribution >= 0.6 is 0 Å². The van der Waals surface area contributed by atoms with Crippen molar-refractivity contribution in [3.05, 3.63) is 30.3 Å². The molecule has 0 bridgehead atoms. The standard InChI is InChI=1S/C16H24N2O2/c1-18(15-9-7-13(12-19)8-10-15)11-16(20)17-14-5-3-2-4-6-14/h2-6,13,15,19H,7-12H2,1H3,(H,17,20). The molecular formula is C16H24N2O2. The van der Waals surface area contributed by atoms with Gasteiger partial charge in [-0.15, -0.1) is 0 Å². The summed E-state index contributed by atoms with van der Waals surface area (Å²) in [5, 5.41) is 12.1. The number of carbonyl (C=O) groups is 1. The van der Waals surface area contributed by atoms with E-state index in [1.165, 1.54) is 0 Å². The number of amides is 1. The highest BCUT2D eigenvalue weighted by Gasteiger charge is 2.24. The average molecular weight is 276 g/mol. The van der Waals surface area contributed by atoms with Gasteiger partial charge in [-0.2, -0.15) is 0 Å². The summed E-state index contributed by atoms with van der Waals surface area (Å²) in [4.78, 5) is 14.1. The number of carbonyl (C=O) groups excluding carboxylic acids is 1. The molecule has 1 aromatic rings. The van der Waals surface area contributed by atoms with Crippen LogP contribution in [0, 0.1) is 5.92 Å². The predicted molar refractivity (Wildman–Crippen MR) is 80.5 cm³/mol. The Morgan fingerprint density at radius 2 is 1.90 bits per heavy atom. The van der Waals surface area contributed by atoms with Crippen molar-refractivity contribution < 1.29 is 9.90 Å². The van der Waals surface area contributed by atoms with E-state index in [1.54, 1.807) is 0 Å². The Bertz CT molecular complexity index is 414. The van der Waals surface area contributed by atoms with Crippen LogP contribution < -0.4 is 5.32 Å². The smallest absolute Gasteiger partial charge is 0.238 e. The summed E-state index contributed by atoms with van der Waals surface area (Å²) in [6, 6.07) is 10.0. The first-order chi connectivity index (χ1) is 9.69. The third-order valence-electron chi connectivity index (χ3n) is 4.15. The molecule has 0 aliphatic heterocycles. The van der Waals surface area contributed by atoms with E-state index in [0.29, 0.717) is 25.1 Å². The minimum absolute atomic E-state index is 0.0305. The fourth-order valence-corrected chi connectivity index (χ4v) is 2.85. The molecule has 2 N–H and O–H groups in total. The maximum absolute atomic E-state index is 12.0. The molecule has 0 radical (unpaired) electrons. The van der Waals surface area contributed by atoms with E-state index in [4.69, 9.17) is 5.11 Å². The Morgan fingerprint density at radius 3 is 2.50 bits per heavy atom. The second-order valence-corrected chi connectivity index (χ2v) is 5.69. The largest absolute Gasteiger partial charge is 0.396 e.